The minimum absolute atomic E-state index is 0.100. The summed E-state index contributed by atoms with van der Waals surface area (Å²) >= 11 is 0. The molecule has 8 nitrogen and oxygen atoms in total. The van der Waals surface area contributed by atoms with Gasteiger partial charge in [-0.15, -0.1) is 5.10 Å². The van der Waals surface area contributed by atoms with E-state index in [2.05, 4.69) is 15.5 Å². The Morgan fingerprint density at radius 1 is 1.21 bits per heavy atom. The van der Waals surface area contributed by atoms with Crippen LogP contribution in [0, 0.1) is 0 Å². The first-order valence-corrected chi connectivity index (χ1v) is 9.35. The summed E-state index contributed by atoms with van der Waals surface area (Å²) in [5.74, 6) is 0.492. The van der Waals surface area contributed by atoms with Crippen LogP contribution in [-0.4, -0.2) is 65.0 Å². The summed E-state index contributed by atoms with van der Waals surface area (Å²) in [6.45, 7) is 7.84. The number of carbonyl (C=O) groups is 1. The van der Waals surface area contributed by atoms with Crippen LogP contribution in [0.25, 0.3) is 0 Å². The molecule has 8 heteroatoms. The van der Waals surface area contributed by atoms with Crippen molar-refractivity contribution in [1.82, 2.24) is 20.2 Å². The predicted octanol–water partition coefficient (Wildman–Crippen LogP) is -2.15. The van der Waals surface area contributed by atoms with E-state index >= 15 is 0 Å². The smallest absolute Gasteiger partial charge is 0.327 e. The van der Waals surface area contributed by atoms with Crippen molar-refractivity contribution in [2.24, 2.45) is 0 Å². The van der Waals surface area contributed by atoms with E-state index in [-0.39, 0.29) is 12.5 Å². The number of aromatic nitrogens is 4. The zero-order valence-electron chi connectivity index (χ0n) is 14.7. The summed E-state index contributed by atoms with van der Waals surface area (Å²) < 4.78 is 6.55. The van der Waals surface area contributed by atoms with E-state index in [0.29, 0.717) is 6.61 Å². The Balaban J connectivity index is 1.48. The number of tetrazole rings is 1. The van der Waals surface area contributed by atoms with Gasteiger partial charge in [0.25, 0.3) is 0 Å². The summed E-state index contributed by atoms with van der Waals surface area (Å²) in [5, 5.41) is 11.8. The van der Waals surface area contributed by atoms with Crippen molar-refractivity contribution < 1.29 is 19.3 Å². The molecule has 0 spiro atoms. The maximum atomic E-state index is 11.6. The second kappa shape index (κ2) is 8.53. The van der Waals surface area contributed by atoms with E-state index in [1.807, 2.05) is 0 Å². The summed E-state index contributed by atoms with van der Waals surface area (Å²) in [5.41, 5.74) is 0. The molecular weight excluding hydrogens is 308 g/mol. The van der Waals surface area contributed by atoms with Crippen molar-refractivity contribution in [1.29, 1.82) is 0 Å². The van der Waals surface area contributed by atoms with Gasteiger partial charge in [0.2, 0.25) is 5.82 Å². The van der Waals surface area contributed by atoms with Gasteiger partial charge in [-0.05, 0) is 43.0 Å². The summed E-state index contributed by atoms with van der Waals surface area (Å²) in [6.07, 6.45) is 7.05. The minimum atomic E-state index is -0.285. The maximum Gasteiger partial charge on any atom is 0.327 e. The van der Waals surface area contributed by atoms with Crippen molar-refractivity contribution in [3.05, 3.63) is 5.82 Å². The molecule has 2 fully saturated rings. The largest absolute Gasteiger partial charge is 0.465 e. The van der Waals surface area contributed by atoms with Crippen LogP contribution in [0.4, 0.5) is 0 Å². The number of ether oxygens (including phenoxy) is 1. The molecule has 0 amide bonds. The lowest BCUT2D eigenvalue weighted by Gasteiger charge is -2.36. The molecule has 1 aliphatic carbocycles. The van der Waals surface area contributed by atoms with Crippen LogP contribution in [0.3, 0.4) is 0 Å². The first kappa shape index (κ1) is 17.3. The van der Waals surface area contributed by atoms with Gasteiger partial charge in [0.15, 0.2) is 0 Å². The quantitative estimate of drug-likeness (QED) is 0.579. The molecule has 134 valence electrons. The second-order valence-corrected chi connectivity index (χ2v) is 6.98. The van der Waals surface area contributed by atoms with Gasteiger partial charge in [-0.1, -0.05) is 6.42 Å². The van der Waals surface area contributed by atoms with Crippen LogP contribution in [0.1, 0.15) is 44.9 Å². The highest BCUT2D eigenvalue weighted by Crippen LogP contribution is 2.15. The Hall–Kier alpha value is -1.54. The first-order chi connectivity index (χ1) is 11.8. The fourth-order valence-corrected chi connectivity index (χ4v) is 4.05. The second-order valence-electron chi connectivity index (χ2n) is 6.98. The molecule has 24 heavy (non-hydrogen) atoms. The Bertz CT molecular complexity index is 520. The number of hydrogen-bond acceptors (Lipinski definition) is 5. The van der Waals surface area contributed by atoms with Gasteiger partial charge in [0, 0.05) is 0 Å². The van der Waals surface area contributed by atoms with Crippen molar-refractivity contribution in [3.8, 4) is 0 Å². The van der Waals surface area contributed by atoms with E-state index in [0.717, 1.165) is 31.5 Å². The monoisotopic (exact) mass is 338 g/mol. The van der Waals surface area contributed by atoms with Gasteiger partial charge in [-0.2, -0.15) is 0 Å². The number of rotatable bonds is 6. The Kier molecular flexibility index (Phi) is 6.14. The number of carbonyl (C=O) groups excluding carboxylic acids is 1. The SMILES string of the molecule is CCOC(=O)Cn1nnnc1C[NH+]1CC[NH+](C2CCCCC2)CC1. The zero-order chi connectivity index (χ0) is 16.8. The Labute approximate surface area is 143 Å². The number of piperazine rings is 1. The van der Waals surface area contributed by atoms with Gasteiger partial charge in [-0.3, -0.25) is 4.79 Å². The summed E-state index contributed by atoms with van der Waals surface area (Å²) in [4.78, 5) is 14.9. The number of nitrogens with one attached hydrogen (secondary N) is 2. The molecule has 1 aliphatic heterocycles. The van der Waals surface area contributed by atoms with Crippen LogP contribution in [0.2, 0.25) is 0 Å². The Morgan fingerprint density at radius 2 is 1.96 bits per heavy atom. The topological polar surface area (TPSA) is 78.8 Å². The van der Waals surface area contributed by atoms with E-state index < -0.39 is 0 Å². The lowest BCUT2D eigenvalue weighted by Crippen LogP contribution is -3.29. The molecule has 0 bridgehead atoms. The van der Waals surface area contributed by atoms with Crippen molar-refractivity contribution >= 4 is 5.97 Å². The number of quaternary nitrogens is 2. The first-order valence-electron chi connectivity index (χ1n) is 9.35. The zero-order valence-corrected chi connectivity index (χ0v) is 14.7. The van der Waals surface area contributed by atoms with E-state index in [4.69, 9.17) is 4.74 Å². The van der Waals surface area contributed by atoms with Crippen LogP contribution in [-0.2, 0) is 22.6 Å². The molecule has 1 aromatic heterocycles. The van der Waals surface area contributed by atoms with E-state index in [1.165, 1.54) is 50.1 Å². The van der Waals surface area contributed by atoms with Crippen LogP contribution in [0.15, 0.2) is 0 Å². The maximum absolute atomic E-state index is 11.6. The third-order valence-electron chi connectivity index (χ3n) is 5.38. The highest BCUT2D eigenvalue weighted by molar-refractivity contribution is 5.68. The molecule has 2 heterocycles. The lowest BCUT2D eigenvalue weighted by atomic mass is 9.94. The average Bonchev–Trinajstić information content (AvgIpc) is 3.03. The van der Waals surface area contributed by atoms with Crippen LogP contribution < -0.4 is 9.80 Å². The highest BCUT2D eigenvalue weighted by atomic mass is 16.5. The van der Waals surface area contributed by atoms with Gasteiger partial charge >= 0.3 is 5.97 Å². The fourth-order valence-electron chi connectivity index (χ4n) is 4.05. The molecule has 1 saturated carbocycles. The average molecular weight is 338 g/mol. The molecule has 0 radical (unpaired) electrons. The van der Waals surface area contributed by atoms with Crippen molar-refractivity contribution in [2.75, 3.05) is 32.8 Å². The molecule has 1 aromatic rings. The number of hydrogen-bond donors (Lipinski definition) is 2. The molecule has 0 atom stereocenters. The molecule has 2 N–H and O–H groups in total. The molecule has 2 aliphatic rings. The molecular formula is C16H30N6O2+2. The molecule has 3 rings (SSSR count). The number of nitrogens with zero attached hydrogens (tertiary/aromatic N) is 4. The highest BCUT2D eigenvalue weighted by Gasteiger charge is 2.31. The van der Waals surface area contributed by atoms with Gasteiger partial charge in [-0.25, -0.2) is 4.68 Å². The number of esters is 1. The van der Waals surface area contributed by atoms with Gasteiger partial charge in [0.1, 0.15) is 39.3 Å². The van der Waals surface area contributed by atoms with Gasteiger partial charge in [0.05, 0.1) is 12.6 Å². The third kappa shape index (κ3) is 4.51. The molecule has 0 aromatic carbocycles. The molecule has 0 unspecified atom stereocenters. The van der Waals surface area contributed by atoms with Gasteiger partial charge < -0.3 is 14.5 Å². The van der Waals surface area contributed by atoms with Crippen molar-refractivity contribution in [3.63, 3.8) is 0 Å². The fraction of sp³-hybridized carbons (Fsp3) is 0.875. The lowest BCUT2D eigenvalue weighted by molar-refractivity contribution is -1.03. The normalized spacial score (nSPS) is 25.5. The summed E-state index contributed by atoms with van der Waals surface area (Å²) in [6, 6.07) is 0.884. The predicted molar refractivity (Wildman–Crippen MR) is 86.4 cm³/mol. The molecule has 1 saturated heterocycles. The minimum Gasteiger partial charge on any atom is -0.465 e. The van der Waals surface area contributed by atoms with E-state index in [9.17, 15) is 4.79 Å². The summed E-state index contributed by atoms with van der Waals surface area (Å²) in [7, 11) is 0. The third-order valence-corrected chi connectivity index (χ3v) is 5.38. The Morgan fingerprint density at radius 3 is 2.67 bits per heavy atom. The van der Waals surface area contributed by atoms with Crippen molar-refractivity contribution in [2.45, 2.75) is 58.2 Å². The van der Waals surface area contributed by atoms with Crippen LogP contribution in [0.5, 0.6) is 0 Å². The standard InChI is InChI=1S/C16H28N6O2/c1-2-24-16(23)13-22-15(17-18-19-22)12-20-8-10-21(11-9-20)14-6-4-3-5-7-14/h14H,2-13H2,1H3/p+2. The van der Waals surface area contributed by atoms with E-state index in [1.54, 1.807) is 16.5 Å². The van der Waals surface area contributed by atoms with Crippen LogP contribution >= 0.6 is 0 Å².